The van der Waals surface area contributed by atoms with Crippen molar-refractivity contribution < 1.29 is 13.2 Å². The van der Waals surface area contributed by atoms with Crippen LogP contribution in [0.2, 0.25) is 5.02 Å². The summed E-state index contributed by atoms with van der Waals surface area (Å²) < 4.78 is 25.4. The first-order chi connectivity index (χ1) is 13.2. The predicted octanol–water partition coefficient (Wildman–Crippen LogP) is 5.06. The van der Waals surface area contributed by atoms with Gasteiger partial charge < -0.3 is 11.1 Å². The Bertz CT molecular complexity index is 1140. The first-order valence-corrected chi connectivity index (χ1v) is 11.4. The maximum absolute atomic E-state index is 12.9. The van der Waals surface area contributed by atoms with Crippen LogP contribution >= 0.6 is 22.9 Å². The summed E-state index contributed by atoms with van der Waals surface area (Å²) in [4.78, 5) is 13.1. The van der Waals surface area contributed by atoms with E-state index in [0.29, 0.717) is 21.3 Å². The number of nitrogen functional groups attached to an aromatic ring is 1. The van der Waals surface area contributed by atoms with Crippen LogP contribution in [-0.4, -0.2) is 20.0 Å². The Morgan fingerprint density at radius 1 is 1.18 bits per heavy atom. The van der Waals surface area contributed by atoms with E-state index in [1.54, 1.807) is 49.4 Å². The van der Waals surface area contributed by atoms with E-state index in [-0.39, 0.29) is 27.0 Å². The fourth-order valence-corrected chi connectivity index (χ4v) is 5.50. The minimum absolute atomic E-state index is 0.0251. The molecule has 1 heterocycles. The summed E-state index contributed by atoms with van der Waals surface area (Å²) in [7, 11) is -3.66. The molecule has 0 unspecified atom stereocenters. The van der Waals surface area contributed by atoms with Crippen molar-refractivity contribution in [3.05, 3.63) is 69.6 Å². The molecule has 0 fully saturated rings. The molecule has 5 nitrogen and oxygen atoms in total. The fourth-order valence-electron chi connectivity index (χ4n) is 2.70. The zero-order chi connectivity index (χ0) is 20.5. The van der Waals surface area contributed by atoms with Gasteiger partial charge in [0, 0.05) is 16.3 Å². The lowest BCUT2D eigenvalue weighted by molar-refractivity contribution is 0.104. The normalized spacial score (nSPS) is 11.4. The van der Waals surface area contributed by atoms with Crippen molar-refractivity contribution in [1.82, 2.24) is 0 Å². The van der Waals surface area contributed by atoms with Crippen LogP contribution in [-0.2, 0) is 9.84 Å². The molecule has 0 aliphatic rings. The molecule has 0 saturated carbocycles. The van der Waals surface area contributed by atoms with E-state index in [1.165, 1.54) is 0 Å². The number of nitrogens with two attached hydrogens (primary N) is 1. The zero-order valence-corrected chi connectivity index (χ0v) is 17.7. The molecule has 146 valence electrons. The average molecular weight is 435 g/mol. The van der Waals surface area contributed by atoms with Gasteiger partial charge in [-0.3, -0.25) is 4.79 Å². The van der Waals surface area contributed by atoms with Gasteiger partial charge in [-0.2, -0.15) is 0 Å². The quantitative estimate of drug-likeness (QED) is 0.529. The molecular formula is C20H19ClN2O3S2. The van der Waals surface area contributed by atoms with Crippen molar-refractivity contribution in [2.24, 2.45) is 0 Å². The van der Waals surface area contributed by atoms with E-state index in [2.05, 4.69) is 5.32 Å². The van der Waals surface area contributed by atoms with Gasteiger partial charge in [-0.15, -0.1) is 11.3 Å². The monoisotopic (exact) mass is 434 g/mol. The van der Waals surface area contributed by atoms with Crippen molar-refractivity contribution >= 4 is 54.9 Å². The van der Waals surface area contributed by atoms with E-state index in [4.69, 9.17) is 17.3 Å². The molecule has 2 aromatic carbocycles. The molecule has 3 rings (SSSR count). The fraction of sp³-hybridized carbons (Fsp3) is 0.150. The zero-order valence-electron chi connectivity index (χ0n) is 15.3. The molecule has 8 heteroatoms. The molecular weight excluding hydrogens is 416 g/mol. The number of sulfone groups is 1. The molecule has 0 spiro atoms. The molecule has 0 saturated heterocycles. The maximum atomic E-state index is 12.9. The second-order valence-electron chi connectivity index (χ2n) is 6.19. The molecule has 3 aromatic rings. The molecule has 0 bridgehead atoms. The number of benzene rings is 2. The molecule has 0 radical (unpaired) electrons. The summed E-state index contributed by atoms with van der Waals surface area (Å²) in [6, 6.07) is 13.9. The van der Waals surface area contributed by atoms with E-state index in [9.17, 15) is 13.2 Å². The lowest BCUT2D eigenvalue weighted by Crippen LogP contribution is -2.09. The highest BCUT2D eigenvalue weighted by Gasteiger charge is 2.29. The lowest BCUT2D eigenvalue weighted by Gasteiger charge is -2.11. The molecule has 1 aromatic heterocycles. The lowest BCUT2D eigenvalue weighted by atomic mass is 10.1. The predicted molar refractivity (Wildman–Crippen MR) is 116 cm³/mol. The van der Waals surface area contributed by atoms with Crippen molar-refractivity contribution in [1.29, 1.82) is 0 Å². The first-order valence-electron chi connectivity index (χ1n) is 8.52. The number of anilines is 3. The number of thiophene rings is 1. The molecule has 3 N–H and O–H groups in total. The van der Waals surface area contributed by atoms with Crippen LogP contribution in [0.15, 0.2) is 53.4 Å². The third kappa shape index (κ3) is 3.92. The number of carbonyl (C=O) groups excluding carboxylic acids is 1. The number of nitrogens with one attached hydrogen (secondary N) is 1. The number of carbonyl (C=O) groups is 1. The van der Waals surface area contributed by atoms with Crippen LogP contribution in [0.3, 0.4) is 0 Å². The molecule has 0 aliphatic heterocycles. The van der Waals surface area contributed by atoms with Gasteiger partial charge in [0.05, 0.1) is 11.4 Å². The van der Waals surface area contributed by atoms with Gasteiger partial charge >= 0.3 is 0 Å². The van der Waals surface area contributed by atoms with Crippen molar-refractivity contribution in [2.45, 2.75) is 18.7 Å². The van der Waals surface area contributed by atoms with Gasteiger partial charge in [0.1, 0.15) is 14.8 Å². The highest BCUT2D eigenvalue weighted by Crippen LogP contribution is 2.42. The number of rotatable bonds is 6. The van der Waals surface area contributed by atoms with Crippen LogP contribution in [0.5, 0.6) is 0 Å². The maximum Gasteiger partial charge on any atom is 0.205 e. The standard InChI is InChI=1S/C20H19ClN2O3S2/c1-3-28(25,26)19-16(22)18(17(24)13-7-5-4-6-8-13)27-20(19)23-15-11-14(21)10-9-12(15)2/h4-11,23H,3,22H2,1-2H3. The Labute approximate surface area is 173 Å². The number of hydrogen-bond acceptors (Lipinski definition) is 6. The second-order valence-corrected chi connectivity index (χ2v) is 9.86. The Morgan fingerprint density at radius 3 is 2.50 bits per heavy atom. The molecule has 28 heavy (non-hydrogen) atoms. The van der Waals surface area contributed by atoms with Crippen molar-refractivity contribution in [3.8, 4) is 0 Å². The van der Waals surface area contributed by atoms with Crippen LogP contribution in [0.4, 0.5) is 16.4 Å². The van der Waals surface area contributed by atoms with Gasteiger partial charge in [-0.05, 0) is 24.6 Å². The van der Waals surface area contributed by atoms with Crippen LogP contribution in [0.1, 0.15) is 27.7 Å². The minimum atomic E-state index is -3.66. The van der Waals surface area contributed by atoms with Gasteiger partial charge in [0.15, 0.2) is 9.84 Å². The summed E-state index contributed by atoms with van der Waals surface area (Å²) in [6.45, 7) is 3.42. The average Bonchev–Trinajstić information content (AvgIpc) is 3.01. The first kappa shape index (κ1) is 20.4. The molecule has 0 amide bonds. The van der Waals surface area contributed by atoms with E-state index < -0.39 is 9.84 Å². The number of ketones is 1. The number of aryl methyl sites for hydroxylation is 1. The summed E-state index contributed by atoms with van der Waals surface area (Å²) in [6.07, 6.45) is 0. The number of halogens is 1. The van der Waals surface area contributed by atoms with E-state index in [0.717, 1.165) is 16.9 Å². The SMILES string of the molecule is CCS(=O)(=O)c1c(Nc2cc(Cl)ccc2C)sc(C(=O)c2ccccc2)c1N. The number of hydrogen-bond donors (Lipinski definition) is 2. The highest BCUT2D eigenvalue weighted by molar-refractivity contribution is 7.92. The Hall–Kier alpha value is -2.35. The Kier molecular flexibility index (Phi) is 5.79. The molecule has 0 aliphatic carbocycles. The summed E-state index contributed by atoms with van der Waals surface area (Å²) in [5.74, 6) is -0.442. The highest BCUT2D eigenvalue weighted by atomic mass is 35.5. The Balaban J connectivity index is 2.16. The smallest absolute Gasteiger partial charge is 0.205 e. The van der Waals surface area contributed by atoms with E-state index in [1.807, 2.05) is 13.0 Å². The second kappa shape index (κ2) is 7.95. The minimum Gasteiger partial charge on any atom is -0.396 e. The van der Waals surface area contributed by atoms with Gasteiger partial charge in [0.25, 0.3) is 0 Å². The summed E-state index contributed by atoms with van der Waals surface area (Å²) in [5, 5.41) is 3.93. The third-order valence-electron chi connectivity index (χ3n) is 4.28. The van der Waals surface area contributed by atoms with E-state index >= 15 is 0 Å². The topological polar surface area (TPSA) is 89.3 Å². The van der Waals surface area contributed by atoms with Crippen LogP contribution in [0.25, 0.3) is 0 Å². The van der Waals surface area contributed by atoms with Crippen molar-refractivity contribution in [2.75, 3.05) is 16.8 Å². The van der Waals surface area contributed by atoms with Crippen molar-refractivity contribution in [3.63, 3.8) is 0 Å². The van der Waals surface area contributed by atoms with Gasteiger partial charge in [0.2, 0.25) is 5.78 Å². The van der Waals surface area contributed by atoms with Gasteiger partial charge in [-0.1, -0.05) is 54.9 Å². The van der Waals surface area contributed by atoms with Crippen LogP contribution in [0, 0.1) is 6.92 Å². The van der Waals surface area contributed by atoms with Crippen LogP contribution < -0.4 is 11.1 Å². The summed E-state index contributed by atoms with van der Waals surface area (Å²) >= 11 is 7.11. The largest absolute Gasteiger partial charge is 0.396 e. The van der Waals surface area contributed by atoms with Gasteiger partial charge in [-0.25, -0.2) is 8.42 Å². The molecule has 0 atom stereocenters. The third-order valence-corrected chi connectivity index (χ3v) is 7.57. The summed E-state index contributed by atoms with van der Waals surface area (Å²) in [5.41, 5.74) is 8.13. The Morgan fingerprint density at radius 2 is 1.86 bits per heavy atom.